The standard InChI is InChI=1S/C12H10N2O3/c13-12(15)7-8-4-5-10-9(6-8)2-1-3-11(10)14(16)17/h1-6H,7H2,(H2,13,15). The van der Waals surface area contributed by atoms with Crippen molar-refractivity contribution in [2.75, 3.05) is 0 Å². The zero-order chi connectivity index (χ0) is 12.4. The van der Waals surface area contributed by atoms with Crippen LogP contribution in [0.15, 0.2) is 36.4 Å². The number of primary amides is 1. The van der Waals surface area contributed by atoms with Crippen LogP contribution in [-0.2, 0) is 11.2 Å². The number of carbonyl (C=O) groups excluding carboxylic acids is 1. The van der Waals surface area contributed by atoms with Crippen molar-refractivity contribution in [1.29, 1.82) is 0 Å². The van der Waals surface area contributed by atoms with Crippen LogP contribution in [0.2, 0.25) is 0 Å². The largest absolute Gasteiger partial charge is 0.369 e. The summed E-state index contributed by atoms with van der Waals surface area (Å²) in [6, 6.07) is 9.91. The SMILES string of the molecule is NC(=O)Cc1ccc2c([N+](=O)[O-])cccc2c1. The lowest BCUT2D eigenvalue weighted by atomic mass is 10.0. The molecule has 0 heterocycles. The first-order chi connectivity index (χ1) is 8.08. The molecule has 0 saturated carbocycles. The Hall–Kier alpha value is -2.43. The van der Waals surface area contributed by atoms with E-state index in [1.54, 1.807) is 30.3 Å². The van der Waals surface area contributed by atoms with E-state index < -0.39 is 10.8 Å². The fourth-order valence-corrected chi connectivity index (χ4v) is 1.79. The molecular formula is C12H10N2O3. The van der Waals surface area contributed by atoms with Gasteiger partial charge in [-0.2, -0.15) is 0 Å². The maximum atomic E-state index is 10.8. The zero-order valence-electron chi connectivity index (χ0n) is 8.92. The number of fused-ring (bicyclic) bond motifs is 1. The smallest absolute Gasteiger partial charge is 0.277 e. The number of hydrogen-bond acceptors (Lipinski definition) is 3. The molecule has 5 nitrogen and oxygen atoms in total. The molecule has 0 radical (unpaired) electrons. The predicted molar refractivity (Wildman–Crippen MR) is 63.5 cm³/mol. The minimum Gasteiger partial charge on any atom is -0.369 e. The van der Waals surface area contributed by atoms with E-state index in [-0.39, 0.29) is 12.1 Å². The molecule has 0 spiro atoms. The van der Waals surface area contributed by atoms with E-state index in [4.69, 9.17) is 5.73 Å². The van der Waals surface area contributed by atoms with Gasteiger partial charge in [0.1, 0.15) is 0 Å². The molecule has 86 valence electrons. The second-order valence-corrected chi connectivity index (χ2v) is 3.73. The Labute approximate surface area is 97.0 Å². The number of amides is 1. The Bertz CT molecular complexity index is 608. The highest BCUT2D eigenvalue weighted by Crippen LogP contribution is 2.26. The number of nitro groups is 1. The third kappa shape index (κ3) is 2.23. The van der Waals surface area contributed by atoms with Crippen LogP contribution in [-0.4, -0.2) is 10.8 Å². The second kappa shape index (κ2) is 4.21. The van der Waals surface area contributed by atoms with Crippen LogP contribution in [0.3, 0.4) is 0 Å². The van der Waals surface area contributed by atoms with Crippen LogP contribution in [0, 0.1) is 10.1 Å². The van der Waals surface area contributed by atoms with Gasteiger partial charge in [0.2, 0.25) is 5.91 Å². The van der Waals surface area contributed by atoms with Crippen LogP contribution in [0.4, 0.5) is 5.69 Å². The molecule has 0 fully saturated rings. The Morgan fingerprint density at radius 2 is 2.06 bits per heavy atom. The summed E-state index contributed by atoms with van der Waals surface area (Å²) < 4.78 is 0. The number of rotatable bonds is 3. The topological polar surface area (TPSA) is 86.2 Å². The number of nitrogens with two attached hydrogens (primary N) is 1. The lowest BCUT2D eigenvalue weighted by molar-refractivity contribution is -0.383. The summed E-state index contributed by atoms with van der Waals surface area (Å²) >= 11 is 0. The molecule has 2 rings (SSSR count). The van der Waals surface area contributed by atoms with Crippen molar-refractivity contribution in [3.63, 3.8) is 0 Å². The van der Waals surface area contributed by atoms with Crippen LogP contribution < -0.4 is 5.73 Å². The predicted octanol–water partition coefficient (Wildman–Crippen LogP) is 1.78. The number of carbonyl (C=O) groups is 1. The molecule has 0 atom stereocenters. The normalized spacial score (nSPS) is 10.4. The van der Waals surface area contributed by atoms with E-state index in [1.807, 2.05) is 0 Å². The average molecular weight is 230 g/mol. The minimum atomic E-state index is -0.421. The monoisotopic (exact) mass is 230 g/mol. The van der Waals surface area contributed by atoms with Crippen molar-refractivity contribution in [2.45, 2.75) is 6.42 Å². The lowest BCUT2D eigenvalue weighted by Crippen LogP contribution is -2.13. The maximum Gasteiger partial charge on any atom is 0.277 e. The summed E-state index contributed by atoms with van der Waals surface area (Å²) in [7, 11) is 0. The fourth-order valence-electron chi connectivity index (χ4n) is 1.79. The lowest BCUT2D eigenvalue weighted by Gasteiger charge is -2.02. The van der Waals surface area contributed by atoms with E-state index in [0.29, 0.717) is 5.39 Å². The van der Waals surface area contributed by atoms with Gasteiger partial charge in [-0.15, -0.1) is 0 Å². The summed E-state index contributed by atoms with van der Waals surface area (Å²) in [6.07, 6.45) is 0.138. The molecule has 0 aliphatic heterocycles. The molecule has 0 unspecified atom stereocenters. The van der Waals surface area contributed by atoms with E-state index >= 15 is 0 Å². The molecule has 2 aromatic rings. The van der Waals surface area contributed by atoms with Crippen molar-refractivity contribution in [1.82, 2.24) is 0 Å². The van der Waals surface area contributed by atoms with Gasteiger partial charge in [-0.25, -0.2) is 0 Å². The minimum absolute atomic E-state index is 0.0631. The van der Waals surface area contributed by atoms with Gasteiger partial charge in [-0.3, -0.25) is 14.9 Å². The third-order valence-electron chi connectivity index (χ3n) is 2.50. The molecule has 0 bridgehead atoms. The first-order valence-corrected chi connectivity index (χ1v) is 5.02. The van der Waals surface area contributed by atoms with E-state index in [0.717, 1.165) is 10.9 Å². The number of nitrogens with zero attached hydrogens (tertiary/aromatic N) is 1. The molecule has 1 amide bonds. The molecule has 2 aromatic carbocycles. The Kier molecular flexibility index (Phi) is 2.74. The molecule has 0 saturated heterocycles. The van der Waals surface area contributed by atoms with Gasteiger partial charge in [0.15, 0.2) is 0 Å². The molecular weight excluding hydrogens is 220 g/mol. The number of hydrogen-bond donors (Lipinski definition) is 1. The van der Waals surface area contributed by atoms with Gasteiger partial charge in [0.25, 0.3) is 5.69 Å². The Balaban J connectivity index is 2.56. The van der Waals surface area contributed by atoms with Crippen LogP contribution in [0.25, 0.3) is 10.8 Å². The van der Waals surface area contributed by atoms with E-state index in [2.05, 4.69) is 0 Å². The van der Waals surface area contributed by atoms with Crippen molar-refractivity contribution in [3.8, 4) is 0 Å². The number of nitro benzene ring substituents is 1. The van der Waals surface area contributed by atoms with Crippen LogP contribution in [0.1, 0.15) is 5.56 Å². The summed E-state index contributed by atoms with van der Waals surface area (Å²) in [5.74, 6) is -0.421. The Morgan fingerprint density at radius 3 is 2.71 bits per heavy atom. The van der Waals surface area contributed by atoms with Crippen LogP contribution >= 0.6 is 0 Å². The summed E-state index contributed by atoms with van der Waals surface area (Å²) in [5, 5.41) is 12.1. The molecule has 2 N–H and O–H groups in total. The highest BCUT2D eigenvalue weighted by Gasteiger charge is 2.11. The van der Waals surface area contributed by atoms with Crippen molar-refractivity contribution >= 4 is 22.4 Å². The second-order valence-electron chi connectivity index (χ2n) is 3.73. The third-order valence-corrected chi connectivity index (χ3v) is 2.50. The summed E-state index contributed by atoms with van der Waals surface area (Å²) in [4.78, 5) is 21.2. The fraction of sp³-hybridized carbons (Fsp3) is 0.0833. The molecule has 17 heavy (non-hydrogen) atoms. The molecule has 0 aliphatic carbocycles. The summed E-state index contributed by atoms with van der Waals surface area (Å²) in [6.45, 7) is 0. The van der Waals surface area contributed by atoms with Crippen molar-refractivity contribution in [2.24, 2.45) is 5.73 Å². The van der Waals surface area contributed by atoms with Crippen molar-refractivity contribution < 1.29 is 9.72 Å². The Morgan fingerprint density at radius 1 is 1.29 bits per heavy atom. The number of non-ortho nitro benzene ring substituents is 1. The van der Waals surface area contributed by atoms with Crippen LogP contribution in [0.5, 0.6) is 0 Å². The van der Waals surface area contributed by atoms with Gasteiger partial charge in [-0.05, 0) is 17.0 Å². The molecule has 0 aliphatic rings. The van der Waals surface area contributed by atoms with E-state index in [9.17, 15) is 14.9 Å². The van der Waals surface area contributed by atoms with Gasteiger partial charge in [-0.1, -0.05) is 24.3 Å². The zero-order valence-corrected chi connectivity index (χ0v) is 8.92. The highest BCUT2D eigenvalue weighted by atomic mass is 16.6. The summed E-state index contributed by atoms with van der Waals surface area (Å²) in [5.41, 5.74) is 5.92. The molecule has 5 heteroatoms. The van der Waals surface area contributed by atoms with Gasteiger partial charge in [0, 0.05) is 6.07 Å². The average Bonchev–Trinajstić information content (AvgIpc) is 2.26. The van der Waals surface area contributed by atoms with E-state index in [1.165, 1.54) is 6.07 Å². The molecule has 0 aromatic heterocycles. The number of benzene rings is 2. The quantitative estimate of drug-likeness (QED) is 0.644. The highest BCUT2D eigenvalue weighted by molar-refractivity contribution is 5.91. The first kappa shape index (κ1) is 11.1. The van der Waals surface area contributed by atoms with Gasteiger partial charge in [0.05, 0.1) is 16.7 Å². The van der Waals surface area contributed by atoms with Gasteiger partial charge >= 0.3 is 0 Å². The maximum absolute atomic E-state index is 10.8. The van der Waals surface area contributed by atoms with Crippen molar-refractivity contribution in [3.05, 3.63) is 52.1 Å². The first-order valence-electron chi connectivity index (χ1n) is 5.02. The van der Waals surface area contributed by atoms with Gasteiger partial charge < -0.3 is 5.73 Å².